The van der Waals surface area contributed by atoms with Crippen molar-refractivity contribution in [2.45, 2.75) is 0 Å². The Morgan fingerprint density at radius 2 is 1.77 bits per heavy atom. The second-order valence-corrected chi connectivity index (χ2v) is 2.81. The van der Waals surface area contributed by atoms with Crippen molar-refractivity contribution in [1.82, 2.24) is 0 Å². The zero-order valence-electron chi connectivity index (χ0n) is 6.96. The maximum atomic E-state index is 12.6. The monoisotopic (exact) mass is 175 g/mol. The summed E-state index contributed by atoms with van der Waals surface area (Å²) in [7, 11) is 0. The zero-order valence-corrected chi connectivity index (χ0v) is 6.96. The highest BCUT2D eigenvalue weighted by Gasteiger charge is 2.00. The highest BCUT2D eigenvalue weighted by molar-refractivity contribution is 5.62. The summed E-state index contributed by atoms with van der Waals surface area (Å²) in [6.45, 7) is 3.64. The molecule has 0 saturated carbocycles. The van der Waals surface area contributed by atoms with Gasteiger partial charge in [-0.05, 0) is 23.8 Å². The lowest BCUT2D eigenvalue weighted by atomic mass is 10.1. The van der Waals surface area contributed by atoms with Gasteiger partial charge in [0, 0.05) is 12.5 Å². The van der Waals surface area contributed by atoms with Crippen LogP contribution in [0.25, 0.3) is 11.1 Å². The first-order chi connectivity index (χ1) is 6.25. The fourth-order valence-corrected chi connectivity index (χ4v) is 1.17. The Kier molecular flexibility index (Phi) is 1.89. The lowest BCUT2D eigenvalue weighted by Gasteiger charge is -1.94. The molecule has 0 spiro atoms. The number of benzene rings is 1. The molecule has 0 fully saturated rings. The molecule has 0 amide bonds. The molecule has 0 aliphatic heterocycles. The topological polar surface area (TPSA) is 13.1 Å². The summed E-state index contributed by atoms with van der Waals surface area (Å²) >= 11 is 0. The Labute approximate surface area is 75.8 Å². The van der Waals surface area contributed by atoms with Crippen LogP contribution in [-0.4, -0.2) is 0 Å². The Morgan fingerprint density at radius 3 is 2.31 bits per heavy atom. The maximum absolute atomic E-state index is 12.6. The lowest BCUT2D eigenvalue weighted by Crippen LogP contribution is -1.74. The van der Waals surface area contributed by atoms with Gasteiger partial charge in [0.05, 0.1) is 6.26 Å². The van der Waals surface area contributed by atoms with Crippen molar-refractivity contribution in [1.29, 1.82) is 0 Å². The Balaban J connectivity index is 2.41. The van der Waals surface area contributed by atoms with Crippen LogP contribution < -0.4 is 0 Å². The molecule has 1 aromatic heterocycles. The summed E-state index contributed by atoms with van der Waals surface area (Å²) in [5.74, 6) is 0.376. The first kappa shape index (κ1) is 8.05. The smallest absolute Gasteiger partial charge is 0.123 e. The van der Waals surface area contributed by atoms with E-state index in [-0.39, 0.29) is 5.82 Å². The summed E-state index contributed by atoms with van der Waals surface area (Å²) in [4.78, 5) is 0. The number of furan rings is 1. The van der Waals surface area contributed by atoms with Gasteiger partial charge in [-0.3, -0.25) is 0 Å². The molecule has 2 aromatic rings. The molecule has 0 N–H and O–H groups in total. The number of hydrogen-bond donors (Lipinski definition) is 0. The van der Waals surface area contributed by atoms with Crippen LogP contribution in [0.4, 0.5) is 4.39 Å². The minimum atomic E-state index is -0.234. The molecular formula is C11H8FO. The van der Waals surface area contributed by atoms with E-state index in [1.165, 1.54) is 12.1 Å². The summed E-state index contributed by atoms with van der Waals surface area (Å²) in [6, 6.07) is 8.07. The summed E-state index contributed by atoms with van der Waals surface area (Å²) in [5, 5.41) is 0. The van der Waals surface area contributed by atoms with Gasteiger partial charge in [-0.1, -0.05) is 12.1 Å². The van der Waals surface area contributed by atoms with Crippen molar-refractivity contribution < 1.29 is 8.81 Å². The molecule has 0 unspecified atom stereocenters. The predicted octanol–water partition coefficient (Wildman–Crippen LogP) is 3.27. The first-order valence-corrected chi connectivity index (χ1v) is 3.92. The molecule has 13 heavy (non-hydrogen) atoms. The lowest BCUT2D eigenvalue weighted by molar-refractivity contribution is 0.549. The normalized spacial score (nSPS) is 10.3. The van der Waals surface area contributed by atoms with Gasteiger partial charge < -0.3 is 4.42 Å². The number of halogens is 1. The van der Waals surface area contributed by atoms with Crippen molar-refractivity contribution >= 4 is 0 Å². The first-order valence-electron chi connectivity index (χ1n) is 3.92. The molecule has 2 heteroatoms. The molecular weight excluding hydrogens is 167 g/mol. The summed E-state index contributed by atoms with van der Waals surface area (Å²) in [6.07, 6.45) is 1.61. The van der Waals surface area contributed by atoms with E-state index in [1.54, 1.807) is 18.4 Å². The van der Waals surface area contributed by atoms with E-state index in [1.807, 2.05) is 6.07 Å². The van der Waals surface area contributed by atoms with Crippen LogP contribution in [0, 0.1) is 12.7 Å². The third-order valence-corrected chi connectivity index (χ3v) is 1.83. The molecule has 0 aliphatic rings. The van der Waals surface area contributed by atoms with Crippen LogP contribution in [0.1, 0.15) is 5.76 Å². The highest BCUT2D eigenvalue weighted by Crippen LogP contribution is 2.21. The standard InChI is InChI=1S/C11H8FO/c1-8-6-10(7-13-8)9-2-4-11(12)5-3-9/h2-7H,1H2. The number of hydrogen-bond acceptors (Lipinski definition) is 1. The van der Waals surface area contributed by atoms with Crippen LogP contribution in [0.15, 0.2) is 41.0 Å². The van der Waals surface area contributed by atoms with E-state index in [0.717, 1.165) is 11.1 Å². The number of rotatable bonds is 1. The third kappa shape index (κ3) is 1.61. The van der Waals surface area contributed by atoms with Gasteiger partial charge in [0.2, 0.25) is 0 Å². The molecule has 1 nitrogen and oxygen atoms in total. The van der Waals surface area contributed by atoms with Crippen molar-refractivity contribution in [3.8, 4) is 11.1 Å². The second kappa shape index (κ2) is 3.05. The fraction of sp³-hybridized carbons (Fsp3) is 0. The van der Waals surface area contributed by atoms with Crippen LogP contribution in [0.5, 0.6) is 0 Å². The van der Waals surface area contributed by atoms with Crippen molar-refractivity contribution in [3.63, 3.8) is 0 Å². The zero-order chi connectivity index (χ0) is 9.26. The molecule has 1 heterocycles. The van der Waals surface area contributed by atoms with Gasteiger partial charge in [0.25, 0.3) is 0 Å². The average Bonchev–Trinajstić information content (AvgIpc) is 2.53. The Morgan fingerprint density at radius 1 is 1.08 bits per heavy atom. The van der Waals surface area contributed by atoms with E-state index >= 15 is 0 Å². The fourth-order valence-electron chi connectivity index (χ4n) is 1.17. The van der Waals surface area contributed by atoms with E-state index in [4.69, 9.17) is 4.42 Å². The molecule has 0 bridgehead atoms. The molecule has 65 valence electrons. The van der Waals surface area contributed by atoms with Gasteiger partial charge in [0.15, 0.2) is 0 Å². The van der Waals surface area contributed by atoms with Crippen molar-refractivity contribution in [2.24, 2.45) is 0 Å². The maximum Gasteiger partial charge on any atom is 0.123 e. The largest absolute Gasteiger partial charge is 0.469 e. The van der Waals surface area contributed by atoms with Gasteiger partial charge in [-0.15, -0.1) is 0 Å². The van der Waals surface area contributed by atoms with Gasteiger partial charge in [-0.25, -0.2) is 4.39 Å². The van der Waals surface area contributed by atoms with E-state index in [2.05, 4.69) is 6.92 Å². The van der Waals surface area contributed by atoms with Crippen LogP contribution in [0.2, 0.25) is 0 Å². The SMILES string of the molecule is [CH2]c1cc(-c2ccc(F)cc2)co1. The van der Waals surface area contributed by atoms with Crippen LogP contribution in [-0.2, 0) is 0 Å². The molecule has 0 atom stereocenters. The van der Waals surface area contributed by atoms with Gasteiger partial charge in [-0.2, -0.15) is 0 Å². The van der Waals surface area contributed by atoms with Crippen molar-refractivity contribution in [2.75, 3.05) is 0 Å². The van der Waals surface area contributed by atoms with Gasteiger partial charge in [0.1, 0.15) is 11.6 Å². The van der Waals surface area contributed by atoms with Crippen LogP contribution >= 0.6 is 0 Å². The summed E-state index contributed by atoms with van der Waals surface area (Å²) < 4.78 is 17.6. The van der Waals surface area contributed by atoms with E-state index in [0.29, 0.717) is 5.76 Å². The minimum absolute atomic E-state index is 0.234. The van der Waals surface area contributed by atoms with Gasteiger partial charge >= 0.3 is 0 Å². The molecule has 1 radical (unpaired) electrons. The molecule has 2 rings (SSSR count). The third-order valence-electron chi connectivity index (χ3n) is 1.83. The Hall–Kier alpha value is -1.57. The molecule has 1 aromatic carbocycles. The molecule has 0 saturated heterocycles. The second-order valence-electron chi connectivity index (χ2n) is 2.81. The van der Waals surface area contributed by atoms with Crippen molar-refractivity contribution in [3.05, 3.63) is 55.1 Å². The average molecular weight is 175 g/mol. The minimum Gasteiger partial charge on any atom is -0.469 e. The van der Waals surface area contributed by atoms with E-state index < -0.39 is 0 Å². The quantitative estimate of drug-likeness (QED) is 0.648. The summed E-state index contributed by atoms with van der Waals surface area (Å²) in [5.41, 5.74) is 1.85. The predicted molar refractivity (Wildman–Crippen MR) is 48.6 cm³/mol. The molecule has 0 aliphatic carbocycles. The highest BCUT2D eigenvalue weighted by atomic mass is 19.1. The van der Waals surface area contributed by atoms with E-state index in [9.17, 15) is 4.39 Å². The Bertz CT molecular complexity index is 400. The van der Waals surface area contributed by atoms with Crippen LogP contribution in [0.3, 0.4) is 0 Å².